The number of carbonyl (C=O) groups excluding carboxylic acids is 2. The predicted molar refractivity (Wildman–Crippen MR) is 117 cm³/mol. The van der Waals surface area contributed by atoms with E-state index in [0.717, 1.165) is 0 Å². The smallest absolute Gasteiger partial charge is 0.307 e. The number of H-pyrrole nitrogens is 1. The van der Waals surface area contributed by atoms with Crippen molar-refractivity contribution in [2.75, 3.05) is 0 Å². The molecule has 0 saturated carbocycles. The van der Waals surface area contributed by atoms with Crippen LogP contribution in [0.2, 0.25) is 0 Å². The van der Waals surface area contributed by atoms with Gasteiger partial charge in [-0.15, -0.1) is 0 Å². The zero-order valence-corrected chi connectivity index (χ0v) is 16.7. The highest BCUT2D eigenvalue weighted by atomic mass is 16.5. The zero-order valence-electron chi connectivity index (χ0n) is 16.7. The summed E-state index contributed by atoms with van der Waals surface area (Å²) in [4.78, 5) is 44.9. The molecule has 31 heavy (non-hydrogen) atoms. The summed E-state index contributed by atoms with van der Waals surface area (Å²) in [6, 6.07) is 24.6. The normalized spacial score (nSPS) is 11.7. The van der Waals surface area contributed by atoms with Gasteiger partial charge in [0.1, 0.15) is 5.82 Å². The third-order valence-electron chi connectivity index (χ3n) is 4.88. The van der Waals surface area contributed by atoms with E-state index in [1.807, 2.05) is 12.1 Å². The lowest BCUT2D eigenvalue weighted by Crippen LogP contribution is -2.21. The fraction of sp³-hybridized carbons (Fsp3) is 0.120. The van der Waals surface area contributed by atoms with Crippen LogP contribution in [-0.2, 0) is 16.0 Å². The highest BCUT2D eigenvalue weighted by molar-refractivity contribution is 6.01. The Balaban J connectivity index is 1.50. The van der Waals surface area contributed by atoms with Crippen molar-refractivity contribution in [1.29, 1.82) is 0 Å². The Kier molecular flexibility index (Phi) is 5.98. The van der Waals surface area contributed by atoms with E-state index in [0.29, 0.717) is 27.9 Å². The average molecular weight is 412 g/mol. The van der Waals surface area contributed by atoms with Crippen molar-refractivity contribution >= 4 is 22.7 Å². The van der Waals surface area contributed by atoms with Crippen molar-refractivity contribution in [2.24, 2.45) is 0 Å². The van der Waals surface area contributed by atoms with E-state index in [4.69, 9.17) is 4.74 Å². The number of benzene rings is 3. The van der Waals surface area contributed by atoms with E-state index in [1.54, 1.807) is 72.8 Å². The summed E-state index contributed by atoms with van der Waals surface area (Å²) < 4.78 is 5.58. The quantitative estimate of drug-likeness (QED) is 0.366. The lowest BCUT2D eigenvalue weighted by molar-refractivity contribution is -0.147. The second-order valence-electron chi connectivity index (χ2n) is 7.04. The van der Waals surface area contributed by atoms with E-state index in [9.17, 15) is 14.4 Å². The Hall–Kier alpha value is -4.06. The number of rotatable bonds is 7. The molecule has 3 aromatic carbocycles. The monoisotopic (exact) mass is 412 g/mol. The minimum absolute atomic E-state index is 0.0211. The number of para-hydroxylation sites is 1. The van der Waals surface area contributed by atoms with E-state index in [1.165, 1.54) is 0 Å². The number of ether oxygens (including phenoxy) is 1. The first-order valence-corrected chi connectivity index (χ1v) is 9.93. The number of aromatic amines is 1. The molecular formula is C25H20N2O4. The number of esters is 1. The number of Topliss-reactive ketones (excluding diaryl/α,β-unsaturated/α-hetero) is 1. The Bertz CT molecular complexity index is 1270. The van der Waals surface area contributed by atoms with Gasteiger partial charge in [0, 0.05) is 17.5 Å². The maximum Gasteiger partial charge on any atom is 0.307 e. The van der Waals surface area contributed by atoms with Gasteiger partial charge >= 0.3 is 5.97 Å². The summed E-state index contributed by atoms with van der Waals surface area (Å²) in [6.07, 6.45) is -0.869. The molecule has 154 valence electrons. The predicted octanol–water partition coefficient (Wildman–Crippen LogP) is 4.02. The molecule has 0 saturated heterocycles. The van der Waals surface area contributed by atoms with Crippen LogP contribution >= 0.6 is 0 Å². The number of aromatic nitrogens is 2. The first kappa shape index (κ1) is 20.2. The molecule has 1 aromatic heterocycles. The highest BCUT2D eigenvalue weighted by Crippen LogP contribution is 2.23. The Labute approximate surface area is 178 Å². The van der Waals surface area contributed by atoms with Gasteiger partial charge in [-0.05, 0) is 12.1 Å². The molecule has 6 nitrogen and oxygen atoms in total. The number of carbonyl (C=O) groups is 2. The molecule has 0 radical (unpaired) electrons. The van der Waals surface area contributed by atoms with Crippen LogP contribution < -0.4 is 5.56 Å². The summed E-state index contributed by atoms with van der Waals surface area (Å²) in [6.45, 7) is 0. The van der Waals surface area contributed by atoms with E-state index in [2.05, 4.69) is 9.97 Å². The molecule has 1 N–H and O–H groups in total. The molecule has 0 fully saturated rings. The van der Waals surface area contributed by atoms with Gasteiger partial charge in [0.2, 0.25) is 5.78 Å². The first-order valence-electron chi connectivity index (χ1n) is 9.93. The molecule has 0 aliphatic heterocycles. The topological polar surface area (TPSA) is 89.1 Å². The van der Waals surface area contributed by atoms with E-state index >= 15 is 0 Å². The molecule has 0 unspecified atom stereocenters. The molecule has 6 heteroatoms. The molecule has 0 amide bonds. The number of ketones is 1. The van der Waals surface area contributed by atoms with Crippen LogP contribution in [0.15, 0.2) is 89.7 Å². The molecule has 0 spiro atoms. The van der Waals surface area contributed by atoms with E-state index < -0.39 is 12.1 Å². The van der Waals surface area contributed by atoms with Gasteiger partial charge in [0.25, 0.3) is 5.56 Å². The molecule has 0 aliphatic carbocycles. The highest BCUT2D eigenvalue weighted by Gasteiger charge is 2.26. The van der Waals surface area contributed by atoms with Crippen LogP contribution in [0, 0.1) is 0 Å². The maximum absolute atomic E-state index is 13.0. The number of nitrogens with zero attached hydrogens (tertiary/aromatic N) is 1. The number of hydrogen-bond acceptors (Lipinski definition) is 5. The number of nitrogens with one attached hydrogen (secondary N) is 1. The molecular weight excluding hydrogens is 392 g/mol. The molecule has 0 aliphatic rings. The zero-order chi connectivity index (χ0) is 21.6. The van der Waals surface area contributed by atoms with Crippen LogP contribution in [0.1, 0.15) is 34.3 Å². The molecule has 4 rings (SSSR count). The van der Waals surface area contributed by atoms with Crippen molar-refractivity contribution in [1.82, 2.24) is 9.97 Å². The summed E-state index contributed by atoms with van der Waals surface area (Å²) in [7, 11) is 0. The van der Waals surface area contributed by atoms with Crippen LogP contribution in [-0.4, -0.2) is 21.7 Å². The SMILES string of the molecule is O=C(CCc1nc2ccccc2c(=O)[nH]1)O[C@H](C(=O)c1ccccc1)c1ccccc1. The van der Waals surface area contributed by atoms with Gasteiger partial charge < -0.3 is 9.72 Å². The van der Waals surface area contributed by atoms with Crippen LogP contribution in [0.3, 0.4) is 0 Å². The van der Waals surface area contributed by atoms with Crippen molar-refractivity contribution in [2.45, 2.75) is 18.9 Å². The molecule has 4 aromatic rings. The summed E-state index contributed by atoms with van der Waals surface area (Å²) in [5, 5.41) is 0.492. The van der Waals surface area contributed by atoms with Crippen molar-refractivity contribution < 1.29 is 14.3 Å². The second kappa shape index (κ2) is 9.17. The van der Waals surface area contributed by atoms with Gasteiger partial charge in [0.05, 0.1) is 17.3 Å². The Morgan fingerprint density at radius 3 is 2.26 bits per heavy atom. The van der Waals surface area contributed by atoms with Gasteiger partial charge in [-0.3, -0.25) is 14.4 Å². The fourth-order valence-corrected chi connectivity index (χ4v) is 3.32. The first-order chi connectivity index (χ1) is 15.1. The fourth-order valence-electron chi connectivity index (χ4n) is 3.32. The average Bonchev–Trinajstić information content (AvgIpc) is 2.82. The number of aryl methyl sites for hydroxylation is 1. The molecule has 1 atom stereocenters. The second-order valence-corrected chi connectivity index (χ2v) is 7.04. The van der Waals surface area contributed by atoms with E-state index in [-0.39, 0.29) is 24.2 Å². The van der Waals surface area contributed by atoms with Gasteiger partial charge in [0.15, 0.2) is 6.10 Å². The number of fused-ring (bicyclic) bond motifs is 1. The van der Waals surface area contributed by atoms with Crippen molar-refractivity contribution in [3.05, 3.63) is 112 Å². The third kappa shape index (κ3) is 4.75. The Morgan fingerprint density at radius 1 is 0.871 bits per heavy atom. The van der Waals surface area contributed by atoms with Gasteiger partial charge in [-0.2, -0.15) is 0 Å². The van der Waals surface area contributed by atoms with Crippen LogP contribution in [0.4, 0.5) is 0 Å². The molecule has 0 bridgehead atoms. The lowest BCUT2D eigenvalue weighted by atomic mass is 10.00. The summed E-state index contributed by atoms with van der Waals surface area (Å²) >= 11 is 0. The lowest BCUT2D eigenvalue weighted by Gasteiger charge is -2.17. The summed E-state index contributed by atoms with van der Waals surface area (Å²) in [5.41, 5.74) is 1.37. The Morgan fingerprint density at radius 2 is 1.52 bits per heavy atom. The summed E-state index contributed by atoms with van der Waals surface area (Å²) in [5.74, 6) is -0.447. The molecule has 1 heterocycles. The van der Waals surface area contributed by atoms with Crippen LogP contribution in [0.5, 0.6) is 0 Å². The third-order valence-corrected chi connectivity index (χ3v) is 4.88. The van der Waals surface area contributed by atoms with Crippen LogP contribution in [0.25, 0.3) is 10.9 Å². The largest absolute Gasteiger partial charge is 0.449 e. The van der Waals surface area contributed by atoms with Crippen molar-refractivity contribution in [3.63, 3.8) is 0 Å². The standard InChI is InChI=1S/C25H20N2O4/c28-22(16-15-21-26-20-14-8-7-13-19(20)25(30)27-21)31-24(18-11-5-2-6-12-18)23(29)17-9-3-1-4-10-17/h1-14,24H,15-16H2,(H,26,27,30)/t24-/m0/s1. The van der Waals surface area contributed by atoms with Gasteiger partial charge in [-0.1, -0.05) is 72.8 Å². The van der Waals surface area contributed by atoms with Crippen molar-refractivity contribution in [3.8, 4) is 0 Å². The minimum Gasteiger partial charge on any atom is -0.449 e. The maximum atomic E-state index is 13.0. The van der Waals surface area contributed by atoms with Gasteiger partial charge in [-0.25, -0.2) is 4.98 Å². The number of hydrogen-bond donors (Lipinski definition) is 1. The minimum atomic E-state index is -1.04.